The van der Waals surface area contributed by atoms with Gasteiger partial charge in [0, 0.05) is 30.2 Å². The second-order valence-corrected chi connectivity index (χ2v) is 5.21. The van der Waals surface area contributed by atoms with Gasteiger partial charge in [0.2, 0.25) is 5.91 Å². The summed E-state index contributed by atoms with van der Waals surface area (Å²) in [5, 5.41) is 13.4. The molecule has 8 heteroatoms. The zero-order valence-corrected chi connectivity index (χ0v) is 13.1. The zero-order chi connectivity index (χ0) is 15.8. The number of halogens is 2. The van der Waals surface area contributed by atoms with Gasteiger partial charge in [-0.2, -0.15) is 0 Å². The second kappa shape index (κ2) is 8.71. The Bertz CT molecular complexity index is 513. The molecule has 0 aliphatic rings. The fraction of sp³-hybridized carbons (Fsp3) is 0.385. The first-order chi connectivity index (χ1) is 9.96. The number of imide groups is 1. The summed E-state index contributed by atoms with van der Waals surface area (Å²) in [6, 6.07) is 3.89. The van der Waals surface area contributed by atoms with Crippen molar-refractivity contribution < 1.29 is 19.1 Å². The van der Waals surface area contributed by atoms with E-state index in [9.17, 15) is 14.0 Å². The van der Waals surface area contributed by atoms with Gasteiger partial charge in [0.25, 0.3) is 0 Å². The number of aliphatic hydroxyl groups excluding tert-OH is 1. The number of urea groups is 1. The largest absolute Gasteiger partial charge is 0.395 e. The Morgan fingerprint density at radius 2 is 2.14 bits per heavy atom. The Morgan fingerprint density at radius 3 is 2.76 bits per heavy atom. The van der Waals surface area contributed by atoms with E-state index >= 15 is 0 Å². The Labute approximate surface area is 130 Å². The maximum atomic E-state index is 13.7. The predicted octanol–water partition coefficient (Wildman–Crippen LogP) is 0.838. The average Bonchev–Trinajstić information content (AvgIpc) is 2.42. The fourth-order valence-electron chi connectivity index (χ4n) is 1.69. The molecule has 1 aromatic carbocycles. The van der Waals surface area contributed by atoms with Crippen LogP contribution in [0.3, 0.4) is 0 Å². The molecule has 0 fully saturated rings. The van der Waals surface area contributed by atoms with Gasteiger partial charge in [0.1, 0.15) is 5.82 Å². The Kier molecular flexibility index (Phi) is 7.27. The minimum absolute atomic E-state index is 0.125. The van der Waals surface area contributed by atoms with Gasteiger partial charge in [0.05, 0.1) is 13.2 Å². The summed E-state index contributed by atoms with van der Waals surface area (Å²) in [5.41, 5.74) is 0.394. The van der Waals surface area contributed by atoms with Crippen LogP contribution in [-0.4, -0.2) is 48.7 Å². The summed E-state index contributed by atoms with van der Waals surface area (Å²) in [7, 11) is 1.39. The smallest absolute Gasteiger partial charge is 0.321 e. The van der Waals surface area contributed by atoms with Crippen LogP contribution in [0.4, 0.5) is 9.18 Å². The van der Waals surface area contributed by atoms with Gasteiger partial charge in [-0.3, -0.25) is 15.0 Å². The van der Waals surface area contributed by atoms with Gasteiger partial charge in [-0.1, -0.05) is 15.9 Å². The third-order valence-electron chi connectivity index (χ3n) is 2.67. The molecule has 0 saturated heterocycles. The number of rotatable bonds is 6. The number of hydrogen-bond acceptors (Lipinski definition) is 4. The maximum absolute atomic E-state index is 13.7. The van der Waals surface area contributed by atoms with Gasteiger partial charge in [-0.25, -0.2) is 9.18 Å². The monoisotopic (exact) mass is 361 g/mol. The first-order valence-electron chi connectivity index (χ1n) is 6.25. The third kappa shape index (κ3) is 6.19. The molecule has 0 radical (unpaired) electrons. The van der Waals surface area contributed by atoms with Crippen molar-refractivity contribution >= 4 is 27.9 Å². The Morgan fingerprint density at radius 1 is 1.43 bits per heavy atom. The molecule has 0 aliphatic heterocycles. The van der Waals surface area contributed by atoms with Crippen LogP contribution in [0.5, 0.6) is 0 Å². The number of aliphatic hydroxyl groups is 1. The molecule has 3 N–H and O–H groups in total. The van der Waals surface area contributed by atoms with Crippen LogP contribution in [0, 0.1) is 5.82 Å². The van der Waals surface area contributed by atoms with Crippen molar-refractivity contribution in [2.45, 2.75) is 6.54 Å². The summed E-state index contributed by atoms with van der Waals surface area (Å²) >= 11 is 3.25. The molecular formula is C13H17BrFN3O3. The number of amides is 3. The average molecular weight is 362 g/mol. The summed E-state index contributed by atoms with van der Waals surface area (Å²) in [6.45, 7) is 0.0307. The molecule has 0 unspecified atom stereocenters. The molecule has 0 heterocycles. The highest BCUT2D eigenvalue weighted by Gasteiger charge is 2.14. The van der Waals surface area contributed by atoms with Gasteiger partial charge in [0.15, 0.2) is 0 Å². The molecule has 3 amide bonds. The number of carbonyl (C=O) groups excluding carboxylic acids is 2. The summed E-state index contributed by atoms with van der Waals surface area (Å²) in [6.07, 6.45) is 0. The summed E-state index contributed by atoms with van der Waals surface area (Å²) in [5.74, 6) is -0.925. The predicted molar refractivity (Wildman–Crippen MR) is 79.1 cm³/mol. The van der Waals surface area contributed by atoms with E-state index in [1.807, 2.05) is 0 Å². The summed E-state index contributed by atoms with van der Waals surface area (Å²) in [4.78, 5) is 24.2. The molecule has 0 aliphatic carbocycles. The topological polar surface area (TPSA) is 81.7 Å². The van der Waals surface area contributed by atoms with Crippen LogP contribution in [0.15, 0.2) is 22.7 Å². The van der Waals surface area contributed by atoms with E-state index in [0.29, 0.717) is 5.56 Å². The van der Waals surface area contributed by atoms with E-state index in [4.69, 9.17) is 5.11 Å². The highest BCUT2D eigenvalue weighted by atomic mass is 79.9. The van der Waals surface area contributed by atoms with Crippen molar-refractivity contribution in [3.63, 3.8) is 0 Å². The number of nitrogens with zero attached hydrogens (tertiary/aromatic N) is 1. The van der Waals surface area contributed by atoms with Gasteiger partial charge in [-0.05, 0) is 18.2 Å². The quantitative estimate of drug-likeness (QED) is 0.701. The number of nitrogens with one attached hydrogen (secondary N) is 2. The van der Waals surface area contributed by atoms with Crippen LogP contribution >= 0.6 is 15.9 Å². The first-order valence-corrected chi connectivity index (χ1v) is 7.04. The molecule has 6 nitrogen and oxygen atoms in total. The normalized spacial score (nSPS) is 10.5. The molecule has 0 bridgehead atoms. The molecule has 1 aromatic rings. The van der Waals surface area contributed by atoms with Crippen LogP contribution in [0.1, 0.15) is 5.56 Å². The molecule has 0 aromatic heterocycles. The first kappa shape index (κ1) is 17.5. The van der Waals surface area contributed by atoms with Crippen LogP contribution in [0.25, 0.3) is 0 Å². The highest BCUT2D eigenvalue weighted by molar-refractivity contribution is 9.10. The van der Waals surface area contributed by atoms with Crippen LogP contribution in [-0.2, 0) is 11.3 Å². The molecular weight excluding hydrogens is 345 g/mol. The van der Waals surface area contributed by atoms with Crippen molar-refractivity contribution in [1.82, 2.24) is 15.5 Å². The lowest BCUT2D eigenvalue weighted by molar-refractivity contribution is -0.121. The second-order valence-electron chi connectivity index (χ2n) is 4.30. The van der Waals surface area contributed by atoms with Crippen molar-refractivity contribution in [3.05, 3.63) is 34.1 Å². The van der Waals surface area contributed by atoms with Crippen LogP contribution < -0.4 is 10.6 Å². The van der Waals surface area contributed by atoms with Gasteiger partial charge < -0.3 is 10.4 Å². The SMILES string of the molecule is CNC(=O)NC(=O)CN(CCO)Cc1cc(Br)ccc1F. The lowest BCUT2D eigenvalue weighted by Gasteiger charge is -2.21. The van der Waals surface area contributed by atoms with E-state index in [2.05, 4.69) is 26.6 Å². The minimum Gasteiger partial charge on any atom is -0.395 e. The molecule has 0 spiro atoms. The molecule has 21 heavy (non-hydrogen) atoms. The van der Waals surface area contributed by atoms with Crippen LogP contribution in [0.2, 0.25) is 0 Å². The zero-order valence-electron chi connectivity index (χ0n) is 11.5. The third-order valence-corrected chi connectivity index (χ3v) is 3.16. The van der Waals surface area contributed by atoms with Crippen molar-refractivity contribution in [3.8, 4) is 0 Å². The Balaban J connectivity index is 2.71. The van der Waals surface area contributed by atoms with Gasteiger partial charge in [-0.15, -0.1) is 0 Å². The van der Waals surface area contributed by atoms with E-state index in [-0.39, 0.29) is 26.2 Å². The van der Waals surface area contributed by atoms with E-state index in [1.54, 1.807) is 17.0 Å². The maximum Gasteiger partial charge on any atom is 0.321 e. The minimum atomic E-state index is -0.613. The van der Waals surface area contributed by atoms with Crippen molar-refractivity contribution in [2.24, 2.45) is 0 Å². The van der Waals surface area contributed by atoms with Crippen molar-refractivity contribution in [1.29, 1.82) is 0 Å². The van der Waals surface area contributed by atoms with Gasteiger partial charge >= 0.3 is 6.03 Å². The Hall–Kier alpha value is -1.51. The number of carbonyl (C=O) groups is 2. The number of benzene rings is 1. The molecule has 1 rings (SSSR count). The molecule has 0 atom stereocenters. The number of hydrogen-bond donors (Lipinski definition) is 3. The summed E-state index contributed by atoms with van der Waals surface area (Å²) < 4.78 is 14.4. The van der Waals surface area contributed by atoms with E-state index in [0.717, 1.165) is 4.47 Å². The standard InChI is InChI=1S/C13H17BrFN3O3/c1-16-13(21)17-12(20)8-18(4-5-19)7-9-6-10(14)2-3-11(9)15/h2-3,6,19H,4-5,7-8H2,1H3,(H2,16,17,20,21). The molecule has 116 valence electrons. The lowest BCUT2D eigenvalue weighted by Crippen LogP contribution is -2.44. The van der Waals surface area contributed by atoms with E-state index in [1.165, 1.54) is 13.1 Å². The highest BCUT2D eigenvalue weighted by Crippen LogP contribution is 2.17. The lowest BCUT2D eigenvalue weighted by atomic mass is 10.2. The van der Waals surface area contributed by atoms with Crippen molar-refractivity contribution in [2.75, 3.05) is 26.7 Å². The van der Waals surface area contributed by atoms with E-state index < -0.39 is 17.8 Å². The fourth-order valence-corrected chi connectivity index (χ4v) is 2.10. The molecule has 0 saturated carbocycles.